The number of hydrogen-bond donors (Lipinski definition) is 2. The van der Waals surface area contributed by atoms with Crippen LogP contribution in [0.3, 0.4) is 0 Å². The third kappa shape index (κ3) is 2.19. The van der Waals surface area contributed by atoms with Crippen LogP contribution in [0.2, 0.25) is 0 Å². The van der Waals surface area contributed by atoms with Gasteiger partial charge in [0.25, 0.3) is 0 Å². The Bertz CT molecular complexity index is 196. The Morgan fingerprint density at radius 2 is 2.38 bits per heavy atom. The fourth-order valence-electron chi connectivity index (χ4n) is 1.84. The van der Waals surface area contributed by atoms with E-state index < -0.39 is 6.10 Å². The lowest BCUT2D eigenvalue weighted by Crippen LogP contribution is -2.44. The molecule has 0 aromatic heterocycles. The average molecular weight is 186 g/mol. The molecule has 0 aromatic carbocycles. The predicted octanol–water partition coefficient (Wildman–Crippen LogP) is -0.295. The molecule has 1 rings (SSSR count). The van der Waals surface area contributed by atoms with Gasteiger partial charge < -0.3 is 10.8 Å². The first-order chi connectivity index (χ1) is 6.06. The van der Waals surface area contributed by atoms with Gasteiger partial charge in [0.05, 0.1) is 12.1 Å². The van der Waals surface area contributed by atoms with E-state index in [2.05, 4.69) is 6.92 Å². The summed E-state index contributed by atoms with van der Waals surface area (Å²) in [7, 11) is 0. The molecule has 1 unspecified atom stereocenters. The molecule has 0 aromatic rings. The Labute approximate surface area is 78.7 Å². The van der Waals surface area contributed by atoms with E-state index in [1.165, 1.54) is 0 Å². The Morgan fingerprint density at radius 3 is 2.85 bits per heavy atom. The molecule has 0 aliphatic carbocycles. The first-order valence-electron chi connectivity index (χ1n) is 4.79. The van der Waals surface area contributed by atoms with Gasteiger partial charge in [0.2, 0.25) is 5.91 Å². The molecule has 4 heteroatoms. The Balaban J connectivity index is 2.65. The molecule has 1 aliphatic rings. The number of nitrogens with two attached hydrogens (primary N) is 1. The second-order valence-corrected chi connectivity index (χ2v) is 3.76. The number of aliphatic hydroxyl groups is 1. The lowest BCUT2D eigenvalue weighted by atomic mass is 10.1. The number of carbonyl (C=O) groups is 1. The van der Waals surface area contributed by atoms with Gasteiger partial charge >= 0.3 is 0 Å². The zero-order chi connectivity index (χ0) is 10.0. The topological polar surface area (TPSA) is 66.6 Å². The van der Waals surface area contributed by atoms with Crippen LogP contribution in [-0.4, -0.2) is 40.6 Å². The number of rotatable bonds is 3. The number of likely N-dealkylation sites (tertiary alicyclic amines) is 1. The van der Waals surface area contributed by atoms with Crippen LogP contribution in [0, 0.1) is 0 Å². The summed E-state index contributed by atoms with van der Waals surface area (Å²) < 4.78 is 0. The van der Waals surface area contributed by atoms with Gasteiger partial charge in [-0.15, -0.1) is 0 Å². The molecular formula is C9H18N2O2. The van der Waals surface area contributed by atoms with Gasteiger partial charge in [-0.3, -0.25) is 9.69 Å². The summed E-state index contributed by atoms with van der Waals surface area (Å²) in [5, 5.41) is 9.41. The van der Waals surface area contributed by atoms with E-state index in [1.807, 2.05) is 11.8 Å². The molecule has 3 atom stereocenters. The van der Waals surface area contributed by atoms with E-state index in [4.69, 9.17) is 5.73 Å². The second kappa shape index (κ2) is 4.07. The van der Waals surface area contributed by atoms with Crippen LogP contribution in [0.15, 0.2) is 0 Å². The van der Waals surface area contributed by atoms with Crippen molar-refractivity contribution in [2.75, 3.05) is 6.54 Å². The van der Waals surface area contributed by atoms with E-state index in [1.54, 1.807) is 0 Å². The summed E-state index contributed by atoms with van der Waals surface area (Å²) in [4.78, 5) is 13.0. The van der Waals surface area contributed by atoms with Gasteiger partial charge in [-0.2, -0.15) is 0 Å². The number of carbonyl (C=O) groups excluding carboxylic acids is 1. The molecule has 1 amide bonds. The molecule has 0 saturated carbocycles. The van der Waals surface area contributed by atoms with Crippen LogP contribution < -0.4 is 5.73 Å². The first kappa shape index (κ1) is 10.5. The zero-order valence-corrected chi connectivity index (χ0v) is 8.23. The maximum Gasteiger partial charge on any atom is 0.234 e. The Kier molecular flexibility index (Phi) is 3.27. The Hall–Kier alpha value is -0.610. The van der Waals surface area contributed by atoms with Crippen LogP contribution in [0.4, 0.5) is 0 Å². The van der Waals surface area contributed by atoms with Crippen molar-refractivity contribution in [3.05, 3.63) is 0 Å². The zero-order valence-electron chi connectivity index (χ0n) is 8.23. The SMILES string of the molecule is CCC(C)N1C[C@@H](O)C[C@@H]1C(N)=O. The Morgan fingerprint density at radius 1 is 1.77 bits per heavy atom. The minimum absolute atomic E-state index is 0.273. The second-order valence-electron chi connectivity index (χ2n) is 3.76. The molecule has 1 aliphatic heterocycles. The van der Waals surface area contributed by atoms with Crippen molar-refractivity contribution in [2.45, 2.75) is 44.9 Å². The predicted molar refractivity (Wildman–Crippen MR) is 50.1 cm³/mol. The largest absolute Gasteiger partial charge is 0.392 e. The van der Waals surface area contributed by atoms with Crippen molar-refractivity contribution < 1.29 is 9.90 Å². The molecule has 0 radical (unpaired) electrons. The molecule has 1 saturated heterocycles. The maximum absolute atomic E-state index is 11.0. The van der Waals surface area contributed by atoms with Crippen molar-refractivity contribution in [1.29, 1.82) is 0 Å². The third-order valence-electron chi connectivity index (χ3n) is 2.80. The number of nitrogens with zero attached hydrogens (tertiary/aromatic N) is 1. The molecule has 76 valence electrons. The quantitative estimate of drug-likeness (QED) is 0.636. The van der Waals surface area contributed by atoms with E-state index in [9.17, 15) is 9.90 Å². The minimum Gasteiger partial charge on any atom is -0.392 e. The highest BCUT2D eigenvalue weighted by Gasteiger charge is 2.36. The van der Waals surface area contributed by atoms with E-state index in [0.717, 1.165) is 6.42 Å². The third-order valence-corrected chi connectivity index (χ3v) is 2.80. The van der Waals surface area contributed by atoms with Crippen molar-refractivity contribution in [2.24, 2.45) is 5.73 Å². The van der Waals surface area contributed by atoms with Gasteiger partial charge in [0.15, 0.2) is 0 Å². The van der Waals surface area contributed by atoms with E-state index in [-0.39, 0.29) is 11.9 Å². The van der Waals surface area contributed by atoms with Crippen molar-refractivity contribution in [1.82, 2.24) is 4.90 Å². The summed E-state index contributed by atoms with van der Waals surface area (Å²) in [5.41, 5.74) is 5.25. The molecular weight excluding hydrogens is 168 g/mol. The van der Waals surface area contributed by atoms with Crippen LogP contribution in [0.25, 0.3) is 0 Å². The normalized spacial score (nSPS) is 31.9. The molecule has 4 nitrogen and oxygen atoms in total. The molecule has 1 fully saturated rings. The number of hydrogen-bond acceptors (Lipinski definition) is 3. The minimum atomic E-state index is -0.397. The van der Waals surface area contributed by atoms with Crippen molar-refractivity contribution >= 4 is 5.91 Å². The first-order valence-corrected chi connectivity index (χ1v) is 4.79. The van der Waals surface area contributed by atoms with E-state index in [0.29, 0.717) is 19.0 Å². The lowest BCUT2D eigenvalue weighted by molar-refractivity contribution is -0.122. The van der Waals surface area contributed by atoms with Gasteiger partial charge in [-0.1, -0.05) is 6.92 Å². The standard InChI is InChI=1S/C9H18N2O2/c1-3-6(2)11-5-7(12)4-8(11)9(10)13/h6-8,12H,3-5H2,1-2H3,(H2,10,13)/t6?,7-,8+/m0/s1. The maximum atomic E-state index is 11.0. The summed E-state index contributed by atoms with van der Waals surface area (Å²) in [5.74, 6) is -0.322. The lowest BCUT2D eigenvalue weighted by Gasteiger charge is -2.27. The summed E-state index contributed by atoms with van der Waals surface area (Å²) in [6, 6.07) is 0.0413. The number of aliphatic hydroxyl groups excluding tert-OH is 1. The highest BCUT2D eigenvalue weighted by molar-refractivity contribution is 5.80. The smallest absolute Gasteiger partial charge is 0.234 e. The van der Waals surface area contributed by atoms with Gasteiger partial charge in [0, 0.05) is 12.6 Å². The van der Waals surface area contributed by atoms with Crippen LogP contribution in [0.5, 0.6) is 0 Å². The highest BCUT2D eigenvalue weighted by atomic mass is 16.3. The van der Waals surface area contributed by atoms with E-state index >= 15 is 0 Å². The molecule has 1 heterocycles. The van der Waals surface area contributed by atoms with Gasteiger partial charge in [-0.05, 0) is 19.8 Å². The molecule has 3 N–H and O–H groups in total. The number of amides is 1. The van der Waals surface area contributed by atoms with Gasteiger partial charge in [0.1, 0.15) is 0 Å². The summed E-state index contributed by atoms with van der Waals surface area (Å²) in [6.07, 6.45) is 1.06. The monoisotopic (exact) mass is 186 g/mol. The van der Waals surface area contributed by atoms with Crippen LogP contribution >= 0.6 is 0 Å². The molecule has 0 bridgehead atoms. The highest BCUT2D eigenvalue weighted by Crippen LogP contribution is 2.21. The van der Waals surface area contributed by atoms with Crippen molar-refractivity contribution in [3.63, 3.8) is 0 Å². The number of β-amino-alcohol motifs (C(OH)–C–C–N with tert-alkyl or cyclic N) is 1. The van der Waals surface area contributed by atoms with Crippen LogP contribution in [-0.2, 0) is 4.79 Å². The fraction of sp³-hybridized carbons (Fsp3) is 0.889. The molecule has 0 spiro atoms. The van der Waals surface area contributed by atoms with Crippen molar-refractivity contribution in [3.8, 4) is 0 Å². The van der Waals surface area contributed by atoms with Gasteiger partial charge in [-0.25, -0.2) is 0 Å². The fourth-order valence-corrected chi connectivity index (χ4v) is 1.84. The number of primary amides is 1. The summed E-state index contributed by atoms with van der Waals surface area (Å²) in [6.45, 7) is 4.68. The van der Waals surface area contributed by atoms with Crippen LogP contribution in [0.1, 0.15) is 26.7 Å². The average Bonchev–Trinajstić information content (AvgIpc) is 2.46. The summed E-state index contributed by atoms with van der Waals surface area (Å²) >= 11 is 0. The molecule has 13 heavy (non-hydrogen) atoms.